The maximum Gasteiger partial charge on any atom is 0.344 e. The quantitative estimate of drug-likeness (QED) is 0.492. The van der Waals surface area contributed by atoms with Gasteiger partial charge in [0.2, 0.25) is 11.1 Å². The SMILES string of the molecule is CC1CCC2(CC1)NC(=O)N(NC(=O)CSc1n[nH]c(-c3ccccc3F)n1)C2=O. The molecule has 9 nitrogen and oxygen atoms in total. The Bertz CT molecular complexity index is 988. The van der Waals surface area contributed by atoms with E-state index in [1.54, 1.807) is 18.2 Å². The van der Waals surface area contributed by atoms with E-state index in [0.717, 1.165) is 29.6 Å². The standard InChI is InChI=1S/C19H21FN6O3S/c1-11-6-8-19(9-7-11)16(28)26(18(29)22-19)25-14(27)10-30-17-21-15(23-24-17)12-4-2-3-5-13(12)20/h2-5,11H,6-10H2,1H3,(H,22,29)(H,25,27)(H,21,23,24). The monoisotopic (exact) mass is 432 g/mol. The lowest BCUT2D eigenvalue weighted by molar-refractivity contribution is -0.139. The molecule has 11 heteroatoms. The average molecular weight is 432 g/mol. The number of hydrogen-bond donors (Lipinski definition) is 3. The van der Waals surface area contributed by atoms with Gasteiger partial charge in [0.05, 0.1) is 11.3 Å². The molecule has 2 aliphatic rings. The highest BCUT2D eigenvalue weighted by atomic mass is 32.2. The van der Waals surface area contributed by atoms with Crippen molar-refractivity contribution in [2.45, 2.75) is 43.3 Å². The maximum absolute atomic E-state index is 13.8. The van der Waals surface area contributed by atoms with Gasteiger partial charge in [0.1, 0.15) is 11.4 Å². The van der Waals surface area contributed by atoms with E-state index in [0.29, 0.717) is 18.8 Å². The van der Waals surface area contributed by atoms with Gasteiger partial charge in [0.15, 0.2) is 5.82 Å². The molecule has 1 saturated heterocycles. The topological polar surface area (TPSA) is 120 Å². The number of aromatic nitrogens is 3. The van der Waals surface area contributed by atoms with Gasteiger partial charge < -0.3 is 5.32 Å². The van der Waals surface area contributed by atoms with Crippen molar-refractivity contribution < 1.29 is 18.8 Å². The summed E-state index contributed by atoms with van der Waals surface area (Å²) in [6.45, 7) is 2.12. The van der Waals surface area contributed by atoms with Gasteiger partial charge >= 0.3 is 6.03 Å². The molecule has 2 fully saturated rings. The smallest absolute Gasteiger partial charge is 0.322 e. The summed E-state index contributed by atoms with van der Waals surface area (Å²) in [6, 6.07) is 5.52. The third-order valence-corrected chi connectivity index (χ3v) is 6.30. The molecule has 2 heterocycles. The number of carbonyl (C=O) groups is 3. The van der Waals surface area contributed by atoms with E-state index in [2.05, 4.69) is 32.8 Å². The van der Waals surface area contributed by atoms with Crippen molar-refractivity contribution in [3.8, 4) is 11.4 Å². The van der Waals surface area contributed by atoms with Crippen LogP contribution in [-0.2, 0) is 9.59 Å². The predicted molar refractivity (Wildman–Crippen MR) is 106 cm³/mol. The molecule has 4 amide bonds. The van der Waals surface area contributed by atoms with Crippen molar-refractivity contribution in [1.29, 1.82) is 0 Å². The third kappa shape index (κ3) is 3.89. The van der Waals surface area contributed by atoms with Crippen molar-refractivity contribution in [3.05, 3.63) is 30.1 Å². The van der Waals surface area contributed by atoms with Gasteiger partial charge in [0.25, 0.3) is 5.91 Å². The van der Waals surface area contributed by atoms with Gasteiger partial charge in [-0.25, -0.2) is 14.2 Å². The Labute approximate surface area is 176 Å². The minimum absolute atomic E-state index is 0.115. The molecule has 1 spiro atoms. The Balaban J connectivity index is 1.34. The second kappa shape index (κ2) is 8.05. The molecule has 0 radical (unpaired) electrons. The summed E-state index contributed by atoms with van der Waals surface area (Å²) in [4.78, 5) is 41.5. The number of nitrogens with zero attached hydrogens (tertiary/aromatic N) is 3. The largest absolute Gasteiger partial charge is 0.344 e. The summed E-state index contributed by atoms with van der Waals surface area (Å²) in [5.74, 6) is -0.753. The van der Waals surface area contributed by atoms with Crippen LogP contribution in [0.4, 0.5) is 9.18 Å². The molecule has 158 valence electrons. The number of aromatic amines is 1. The summed E-state index contributed by atoms with van der Waals surface area (Å²) in [5, 5.41) is 10.4. The maximum atomic E-state index is 13.8. The van der Waals surface area contributed by atoms with Gasteiger partial charge in [0, 0.05) is 0 Å². The van der Waals surface area contributed by atoms with Crippen LogP contribution in [0.3, 0.4) is 0 Å². The Morgan fingerprint density at radius 3 is 2.80 bits per heavy atom. The minimum atomic E-state index is -0.914. The lowest BCUT2D eigenvalue weighted by Crippen LogP contribution is -2.51. The van der Waals surface area contributed by atoms with Gasteiger partial charge in [-0.2, -0.15) is 5.01 Å². The van der Waals surface area contributed by atoms with Crippen molar-refractivity contribution in [1.82, 2.24) is 30.9 Å². The molecule has 30 heavy (non-hydrogen) atoms. The van der Waals surface area contributed by atoms with Crippen LogP contribution in [0.15, 0.2) is 29.4 Å². The van der Waals surface area contributed by atoms with E-state index in [1.807, 2.05) is 0 Å². The van der Waals surface area contributed by atoms with Gasteiger partial charge in [-0.1, -0.05) is 30.8 Å². The number of H-pyrrole nitrogens is 1. The molecule has 1 aromatic heterocycles. The first-order valence-corrected chi connectivity index (χ1v) is 10.6. The number of hydrazine groups is 1. The summed E-state index contributed by atoms with van der Waals surface area (Å²) in [6.07, 6.45) is 2.82. The molecule has 0 bridgehead atoms. The van der Waals surface area contributed by atoms with Crippen molar-refractivity contribution >= 4 is 29.6 Å². The summed E-state index contributed by atoms with van der Waals surface area (Å²) >= 11 is 1.01. The number of hydrogen-bond acceptors (Lipinski definition) is 6. The van der Waals surface area contributed by atoms with E-state index >= 15 is 0 Å². The Kier molecular flexibility index (Phi) is 5.46. The molecule has 4 rings (SSSR count). The van der Waals surface area contributed by atoms with E-state index in [-0.39, 0.29) is 22.3 Å². The minimum Gasteiger partial charge on any atom is -0.322 e. The number of rotatable bonds is 5. The average Bonchev–Trinajstić information content (AvgIpc) is 3.28. The molecule has 1 aromatic carbocycles. The number of amides is 4. The Morgan fingerprint density at radius 1 is 1.33 bits per heavy atom. The molecule has 0 unspecified atom stereocenters. The second-order valence-corrected chi connectivity index (χ2v) is 8.55. The molecule has 1 saturated carbocycles. The van der Waals surface area contributed by atoms with Gasteiger partial charge in [-0.05, 0) is 43.7 Å². The highest BCUT2D eigenvalue weighted by Gasteiger charge is 2.52. The van der Waals surface area contributed by atoms with Crippen LogP contribution in [0, 0.1) is 11.7 Å². The highest BCUT2D eigenvalue weighted by Crippen LogP contribution is 2.35. The lowest BCUT2D eigenvalue weighted by Gasteiger charge is -2.33. The zero-order valence-corrected chi connectivity index (χ0v) is 17.1. The first-order chi connectivity index (χ1) is 14.4. The number of imide groups is 1. The van der Waals surface area contributed by atoms with Crippen LogP contribution in [0.5, 0.6) is 0 Å². The number of carbonyl (C=O) groups excluding carboxylic acids is 3. The van der Waals surface area contributed by atoms with E-state index in [4.69, 9.17) is 0 Å². The summed E-state index contributed by atoms with van der Waals surface area (Å²) < 4.78 is 13.8. The first kappa shape index (κ1) is 20.3. The molecule has 1 aliphatic heterocycles. The van der Waals surface area contributed by atoms with Crippen LogP contribution in [-0.4, -0.2) is 49.3 Å². The molecular weight excluding hydrogens is 411 g/mol. The van der Waals surface area contributed by atoms with Crippen molar-refractivity contribution in [2.24, 2.45) is 5.92 Å². The number of nitrogens with one attached hydrogen (secondary N) is 3. The van der Waals surface area contributed by atoms with Gasteiger partial charge in [-0.15, -0.1) is 5.10 Å². The molecule has 2 aromatic rings. The highest BCUT2D eigenvalue weighted by molar-refractivity contribution is 7.99. The molecule has 1 aliphatic carbocycles. The molecular formula is C19H21FN6O3S. The first-order valence-electron chi connectivity index (χ1n) is 9.64. The van der Waals surface area contributed by atoms with Crippen LogP contribution in [0.25, 0.3) is 11.4 Å². The number of benzene rings is 1. The fourth-order valence-electron chi connectivity index (χ4n) is 3.69. The predicted octanol–water partition coefficient (Wildman–Crippen LogP) is 2.23. The second-order valence-electron chi connectivity index (χ2n) is 7.61. The van der Waals surface area contributed by atoms with Crippen LogP contribution >= 0.6 is 11.8 Å². The molecule has 3 N–H and O–H groups in total. The van der Waals surface area contributed by atoms with E-state index in [9.17, 15) is 18.8 Å². The summed E-state index contributed by atoms with van der Waals surface area (Å²) in [7, 11) is 0. The van der Waals surface area contributed by atoms with Crippen molar-refractivity contribution in [3.63, 3.8) is 0 Å². The van der Waals surface area contributed by atoms with Crippen LogP contribution in [0.1, 0.15) is 32.6 Å². The normalized spacial score (nSPS) is 23.7. The fraction of sp³-hybridized carbons (Fsp3) is 0.421. The summed E-state index contributed by atoms with van der Waals surface area (Å²) in [5.41, 5.74) is 1.72. The Hall–Kier alpha value is -2.95. The molecule has 0 atom stereocenters. The van der Waals surface area contributed by atoms with Crippen molar-refractivity contribution in [2.75, 3.05) is 5.75 Å². The van der Waals surface area contributed by atoms with Gasteiger partial charge in [-0.3, -0.25) is 20.1 Å². The number of thioether (sulfide) groups is 1. The van der Waals surface area contributed by atoms with Crippen LogP contribution in [0.2, 0.25) is 0 Å². The van der Waals surface area contributed by atoms with E-state index < -0.39 is 29.2 Å². The Morgan fingerprint density at radius 2 is 2.07 bits per heavy atom. The zero-order chi connectivity index (χ0) is 21.3. The number of urea groups is 1. The van der Waals surface area contributed by atoms with Crippen LogP contribution < -0.4 is 10.7 Å². The number of halogens is 1. The lowest BCUT2D eigenvalue weighted by atomic mass is 9.77. The van der Waals surface area contributed by atoms with E-state index in [1.165, 1.54) is 6.07 Å². The zero-order valence-electron chi connectivity index (χ0n) is 16.3. The third-order valence-electron chi connectivity index (χ3n) is 5.45. The fourth-order valence-corrected chi connectivity index (χ4v) is 4.28.